The molecule has 0 saturated carbocycles. The fourth-order valence-corrected chi connectivity index (χ4v) is 1.33. The average molecular weight is 315 g/mol. The topological polar surface area (TPSA) is 73.9 Å². The van der Waals surface area contributed by atoms with Crippen LogP contribution >= 0.6 is 0 Å². The quantitative estimate of drug-likeness (QED) is 0.602. The zero-order valence-corrected chi connectivity index (χ0v) is 14.7. The number of carbonyl (C=O) groups excluding carboxylic acids is 2. The van der Waals surface area contributed by atoms with E-state index in [9.17, 15) is 9.59 Å². The zero-order chi connectivity index (χ0) is 17.4. The van der Waals surface area contributed by atoms with Crippen molar-refractivity contribution in [3.8, 4) is 0 Å². The lowest BCUT2D eigenvalue weighted by Gasteiger charge is -2.25. The van der Waals surface area contributed by atoms with Gasteiger partial charge in [0, 0.05) is 6.08 Å². The molecule has 0 heterocycles. The first-order chi connectivity index (χ1) is 9.93. The Morgan fingerprint density at radius 2 is 1.68 bits per heavy atom. The Morgan fingerprint density at radius 3 is 2.14 bits per heavy atom. The predicted octanol–water partition coefficient (Wildman–Crippen LogP) is 2.81. The van der Waals surface area contributed by atoms with Crippen molar-refractivity contribution in [1.82, 2.24) is 5.32 Å². The standard InChI is InChI=1S/C16H29NO5/c1-8-20-13(18)10-9-12(11-21-15(2,3)4)17-14(19)22-16(5,6)7/h9-10,12H,8,11H2,1-7H3,(H,17,19)/b10-9+/t12-/m1/s1. The monoisotopic (exact) mass is 315 g/mol. The number of hydrogen-bond donors (Lipinski definition) is 1. The summed E-state index contributed by atoms with van der Waals surface area (Å²) in [5.74, 6) is -0.464. The molecule has 0 aromatic heterocycles. The highest BCUT2D eigenvalue weighted by atomic mass is 16.6. The molecule has 1 amide bonds. The van der Waals surface area contributed by atoms with Gasteiger partial charge in [0.1, 0.15) is 5.60 Å². The molecule has 0 bridgehead atoms. The predicted molar refractivity (Wildman–Crippen MR) is 84.6 cm³/mol. The highest BCUT2D eigenvalue weighted by Crippen LogP contribution is 2.09. The second kappa shape index (κ2) is 8.78. The number of nitrogens with one attached hydrogen (secondary N) is 1. The molecule has 6 heteroatoms. The van der Waals surface area contributed by atoms with Gasteiger partial charge in [0.15, 0.2) is 0 Å². The molecule has 0 aromatic rings. The lowest BCUT2D eigenvalue weighted by atomic mass is 10.2. The lowest BCUT2D eigenvalue weighted by Crippen LogP contribution is -2.42. The number of carbonyl (C=O) groups is 2. The van der Waals surface area contributed by atoms with Gasteiger partial charge in [-0.15, -0.1) is 0 Å². The fraction of sp³-hybridized carbons (Fsp3) is 0.750. The average Bonchev–Trinajstić information content (AvgIpc) is 2.29. The van der Waals surface area contributed by atoms with Crippen LogP contribution in [0.3, 0.4) is 0 Å². The maximum absolute atomic E-state index is 11.8. The number of ether oxygens (including phenoxy) is 3. The van der Waals surface area contributed by atoms with Crippen molar-refractivity contribution >= 4 is 12.1 Å². The second-order valence-corrected chi connectivity index (χ2v) is 6.79. The van der Waals surface area contributed by atoms with Gasteiger partial charge >= 0.3 is 12.1 Å². The van der Waals surface area contributed by atoms with Crippen molar-refractivity contribution in [2.75, 3.05) is 13.2 Å². The second-order valence-electron chi connectivity index (χ2n) is 6.79. The smallest absolute Gasteiger partial charge is 0.408 e. The third-order valence-electron chi connectivity index (χ3n) is 2.15. The molecule has 1 N–H and O–H groups in total. The third-order valence-corrected chi connectivity index (χ3v) is 2.15. The van der Waals surface area contributed by atoms with Gasteiger partial charge in [-0.1, -0.05) is 6.08 Å². The molecule has 128 valence electrons. The molecule has 0 aliphatic carbocycles. The van der Waals surface area contributed by atoms with E-state index in [1.807, 2.05) is 20.8 Å². The molecule has 0 aliphatic heterocycles. The van der Waals surface area contributed by atoms with E-state index >= 15 is 0 Å². The Labute approximate surface area is 133 Å². The number of alkyl carbamates (subject to hydrolysis) is 1. The van der Waals surface area contributed by atoms with Crippen molar-refractivity contribution < 1.29 is 23.8 Å². The fourth-order valence-electron chi connectivity index (χ4n) is 1.33. The van der Waals surface area contributed by atoms with Crippen LogP contribution in [-0.4, -0.2) is 42.5 Å². The Bertz CT molecular complexity index is 390. The van der Waals surface area contributed by atoms with E-state index in [0.717, 1.165) is 0 Å². The van der Waals surface area contributed by atoms with Crippen LogP contribution < -0.4 is 5.32 Å². The molecule has 6 nitrogen and oxygen atoms in total. The summed E-state index contributed by atoms with van der Waals surface area (Å²) < 4.78 is 15.7. The van der Waals surface area contributed by atoms with Crippen LogP contribution in [0.4, 0.5) is 4.79 Å². The van der Waals surface area contributed by atoms with Gasteiger partial charge < -0.3 is 19.5 Å². The number of esters is 1. The molecule has 0 fully saturated rings. The van der Waals surface area contributed by atoms with E-state index in [2.05, 4.69) is 5.32 Å². The first kappa shape index (κ1) is 20.4. The van der Waals surface area contributed by atoms with Crippen LogP contribution in [0, 0.1) is 0 Å². The van der Waals surface area contributed by atoms with E-state index in [1.165, 1.54) is 12.2 Å². The van der Waals surface area contributed by atoms with Crippen LogP contribution in [0.25, 0.3) is 0 Å². The SMILES string of the molecule is CCOC(=O)/C=C/[C@H](COC(C)(C)C)NC(=O)OC(C)(C)C. The summed E-state index contributed by atoms with van der Waals surface area (Å²) >= 11 is 0. The summed E-state index contributed by atoms with van der Waals surface area (Å²) in [7, 11) is 0. The van der Waals surface area contributed by atoms with Gasteiger partial charge in [-0.25, -0.2) is 9.59 Å². The van der Waals surface area contributed by atoms with Crippen molar-refractivity contribution in [2.45, 2.75) is 65.7 Å². The van der Waals surface area contributed by atoms with E-state index in [1.54, 1.807) is 27.7 Å². The largest absolute Gasteiger partial charge is 0.463 e. The number of hydrogen-bond acceptors (Lipinski definition) is 5. The summed E-state index contributed by atoms with van der Waals surface area (Å²) in [4.78, 5) is 23.2. The first-order valence-electron chi connectivity index (χ1n) is 7.41. The highest BCUT2D eigenvalue weighted by molar-refractivity contribution is 5.82. The molecule has 0 aliphatic rings. The van der Waals surface area contributed by atoms with Gasteiger partial charge in [0.2, 0.25) is 0 Å². The third kappa shape index (κ3) is 12.2. The number of amides is 1. The molecule has 0 unspecified atom stereocenters. The lowest BCUT2D eigenvalue weighted by molar-refractivity contribution is -0.137. The van der Waals surface area contributed by atoms with Crippen LogP contribution in [0.2, 0.25) is 0 Å². The van der Waals surface area contributed by atoms with Gasteiger partial charge in [0.05, 0.1) is 24.9 Å². The van der Waals surface area contributed by atoms with Crippen LogP contribution in [0.1, 0.15) is 48.5 Å². The molecular weight excluding hydrogens is 286 g/mol. The van der Waals surface area contributed by atoms with Crippen molar-refractivity contribution in [2.24, 2.45) is 0 Å². The molecule has 0 saturated heterocycles. The van der Waals surface area contributed by atoms with Gasteiger partial charge in [0.25, 0.3) is 0 Å². The van der Waals surface area contributed by atoms with Gasteiger partial charge in [-0.3, -0.25) is 0 Å². The minimum absolute atomic E-state index is 0.221. The Morgan fingerprint density at radius 1 is 1.09 bits per heavy atom. The van der Waals surface area contributed by atoms with Gasteiger partial charge in [-0.2, -0.15) is 0 Å². The van der Waals surface area contributed by atoms with E-state index < -0.39 is 23.7 Å². The van der Waals surface area contributed by atoms with Crippen LogP contribution in [0.15, 0.2) is 12.2 Å². The zero-order valence-electron chi connectivity index (χ0n) is 14.7. The maximum atomic E-state index is 11.8. The van der Waals surface area contributed by atoms with Crippen molar-refractivity contribution in [1.29, 1.82) is 0 Å². The van der Waals surface area contributed by atoms with E-state index in [0.29, 0.717) is 6.61 Å². The Kier molecular flexibility index (Phi) is 8.16. The minimum Gasteiger partial charge on any atom is -0.463 e. The van der Waals surface area contributed by atoms with Crippen molar-refractivity contribution in [3.63, 3.8) is 0 Å². The summed E-state index contributed by atoms with van der Waals surface area (Å²) in [6, 6.07) is -0.488. The first-order valence-corrected chi connectivity index (χ1v) is 7.41. The van der Waals surface area contributed by atoms with Crippen LogP contribution in [-0.2, 0) is 19.0 Å². The molecule has 0 radical (unpaired) electrons. The molecule has 0 aromatic carbocycles. The summed E-state index contributed by atoms with van der Waals surface area (Å²) in [5, 5.41) is 2.66. The molecule has 22 heavy (non-hydrogen) atoms. The normalized spacial score (nSPS) is 13.8. The number of rotatable bonds is 6. The maximum Gasteiger partial charge on any atom is 0.408 e. The van der Waals surface area contributed by atoms with E-state index in [4.69, 9.17) is 14.2 Å². The minimum atomic E-state index is -0.593. The molecule has 1 atom stereocenters. The Balaban J connectivity index is 4.71. The highest BCUT2D eigenvalue weighted by Gasteiger charge is 2.20. The molecule has 0 rings (SSSR count). The van der Waals surface area contributed by atoms with E-state index in [-0.39, 0.29) is 12.2 Å². The van der Waals surface area contributed by atoms with Gasteiger partial charge in [-0.05, 0) is 48.5 Å². The summed E-state index contributed by atoms with van der Waals surface area (Å²) in [5.41, 5.74) is -0.948. The van der Waals surface area contributed by atoms with Crippen molar-refractivity contribution in [3.05, 3.63) is 12.2 Å². The summed E-state index contributed by atoms with van der Waals surface area (Å²) in [6.07, 6.45) is 2.24. The molecule has 0 spiro atoms. The molecular formula is C16H29NO5. The summed E-state index contributed by atoms with van der Waals surface area (Å²) in [6.45, 7) is 13.3. The Hall–Kier alpha value is -1.56. The van der Waals surface area contributed by atoms with Crippen LogP contribution in [0.5, 0.6) is 0 Å².